The van der Waals surface area contributed by atoms with Gasteiger partial charge in [-0.25, -0.2) is 0 Å². The fourth-order valence-electron chi connectivity index (χ4n) is 2.77. The van der Waals surface area contributed by atoms with Gasteiger partial charge in [-0.3, -0.25) is 4.79 Å². The molecule has 0 heterocycles. The van der Waals surface area contributed by atoms with Gasteiger partial charge in [0.1, 0.15) is 0 Å². The van der Waals surface area contributed by atoms with E-state index in [9.17, 15) is 4.79 Å². The number of hydrogen-bond acceptors (Lipinski definition) is 1. The predicted octanol–water partition coefficient (Wildman–Crippen LogP) is 3.31. The molecule has 1 fully saturated rings. The van der Waals surface area contributed by atoms with E-state index in [-0.39, 0.29) is 0 Å². The summed E-state index contributed by atoms with van der Waals surface area (Å²) in [6, 6.07) is 0. The van der Waals surface area contributed by atoms with E-state index in [4.69, 9.17) is 5.11 Å². The maximum absolute atomic E-state index is 10.7. The molecule has 1 rings (SSSR count). The zero-order valence-corrected chi connectivity index (χ0v) is 9.33. The fourth-order valence-corrected chi connectivity index (χ4v) is 2.77. The van der Waals surface area contributed by atoms with Gasteiger partial charge in [0.2, 0.25) is 0 Å². The molecule has 2 nitrogen and oxygen atoms in total. The van der Waals surface area contributed by atoms with E-state index in [0.717, 1.165) is 6.42 Å². The van der Waals surface area contributed by atoms with Crippen LogP contribution >= 0.6 is 0 Å². The number of aliphatic carboxylic acids is 1. The lowest BCUT2D eigenvalue weighted by Gasteiger charge is -2.27. The Morgan fingerprint density at radius 2 is 1.93 bits per heavy atom. The minimum absolute atomic E-state index is 0.378. The topological polar surface area (TPSA) is 37.3 Å². The van der Waals surface area contributed by atoms with Crippen molar-refractivity contribution in [1.29, 1.82) is 0 Å². The van der Waals surface area contributed by atoms with Gasteiger partial charge in [0.15, 0.2) is 0 Å². The SMILES string of the molecule is CC(C)C1CCCCCC1CC(=O)O. The van der Waals surface area contributed by atoms with Crippen LogP contribution in [0.2, 0.25) is 0 Å². The van der Waals surface area contributed by atoms with Gasteiger partial charge in [0.05, 0.1) is 0 Å². The van der Waals surface area contributed by atoms with Crippen LogP contribution in [0, 0.1) is 17.8 Å². The molecule has 0 aromatic carbocycles. The maximum Gasteiger partial charge on any atom is 0.303 e. The van der Waals surface area contributed by atoms with Crippen LogP contribution in [-0.4, -0.2) is 11.1 Å². The minimum Gasteiger partial charge on any atom is -0.481 e. The average molecular weight is 198 g/mol. The molecule has 0 spiro atoms. The molecule has 1 aliphatic rings. The Hall–Kier alpha value is -0.530. The lowest BCUT2D eigenvalue weighted by molar-refractivity contribution is -0.138. The molecule has 82 valence electrons. The summed E-state index contributed by atoms with van der Waals surface area (Å²) in [7, 11) is 0. The van der Waals surface area contributed by atoms with Gasteiger partial charge in [0.25, 0.3) is 0 Å². The molecule has 0 radical (unpaired) electrons. The van der Waals surface area contributed by atoms with Gasteiger partial charge >= 0.3 is 5.97 Å². The Labute approximate surface area is 86.7 Å². The third-order valence-corrected chi connectivity index (χ3v) is 3.51. The second-order valence-electron chi connectivity index (χ2n) is 4.90. The second kappa shape index (κ2) is 5.38. The molecule has 14 heavy (non-hydrogen) atoms. The normalized spacial score (nSPS) is 28.8. The van der Waals surface area contributed by atoms with Gasteiger partial charge in [-0.15, -0.1) is 0 Å². The van der Waals surface area contributed by atoms with Gasteiger partial charge in [-0.05, 0) is 30.6 Å². The first kappa shape index (κ1) is 11.5. The number of rotatable bonds is 3. The van der Waals surface area contributed by atoms with E-state index in [1.54, 1.807) is 0 Å². The van der Waals surface area contributed by atoms with Crippen LogP contribution in [0.3, 0.4) is 0 Å². The summed E-state index contributed by atoms with van der Waals surface area (Å²) < 4.78 is 0. The van der Waals surface area contributed by atoms with E-state index in [0.29, 0.717) is 24.2 Å². The zero-order valence-electron chi connectivity index (χ0n) is 9.33. The van der Waals surface area contributed by atoms with Crippen LogP contribution in [0.25, 0.3) is 0 Å². The van der Waals surface area contributed by atoms with E-state index >= 15 is 0 Å². The molecule has 0 saturated heterocycles. The van der Waals surface area contributed by atoms with Crippen molar-refractivity contribution in [2.75, 3.05) is 0 Å². The highest BCUT2D eigenvalue weighted by Gasteiger charge is 2.27. The van der Waals surface area contributed by atoms with E-state index in [1.165, 1.54) is 25.7 Å². The van der Waals surface area contributed by atoms with Gasteiger partial charge < -0.3 is 5.11 Å². The number of hydrogen-bond donors (Lipinski definition) is 1. The van der Waals surface area contributed by atoms with Gasteiger partial charge in [0, 0.05) is 6.42 Å². The Morgan fingerprint density at radius 1 is 1.29 bits per heavy atom. The van der Waals surface area contributed by atoms with Gasteiger partial charge in [-0.1, -0.05) is 33.1 Å². The van der Waals surface area contributed by atoms with Crippen LogP contribution in [0.5, 0.6) is 0 Å². The van der Waals surface area contributed by atoms with Crippen LogP contribution in [0.15, 0.2) is 0 Å². The van der Waals surface area contributed by atoms with E-state index in [2.05, 4.69) is 13.8 Å². The van der Waals surface area contributed by atoms with Crippen molar-refractivity contribution in [3.8, 4) is 0 Å². The van der Waals surface area contributed by atoms with Crippen molar-refractivity contribution in [3.05, 3.63) is 0 Å². The van der Waals surface area contributed by atoms with E-state index < -0.39 is 5.97 Å². The molecule has 2 heteroatoms. The number of carboxylic acid groups (broad SMARTS) is 1. The van der Waals surface area contributed by atoms with Crippen molar-refractivity contribution in [3.63, 3.8) is 0 Å². The Bertz CT molecular complexity index is 187. The number of carboxylic acids is 1. The summed E-state index contributed by atoms with van der Waals surface area (Å²) in [6.45, 7) is 4.45. The monoisotopic (exact) mass is 198 g/mol. The molecule has 1 saturated carbocycles. The molecule has 0 aromatic heterocycles. The standard InChI is InChI=1S/C12H22O2/c1-9(2)11-7-5-3-4-6-10(11)8-12(13)14/h9-11H,3-8H2,1-2H3,(H,13,14). The van der Waals surface area contributed by atoms with Crippen molar-refractivity contribution in [1.82, 2.24) is 0 Å². The minimum atomic E-state index is -0.623. The molecule has 0 aliphatic heterocycles. The van der Waals surface area contributed by atoms with Gasteiger partial charge in [-0.2, -0.15) is 0 Å². The summed E-state index contributed by atoms with van der Waals surface area (Å²) in [5.74, 6) is 1.07. The molecule has 0 bridgehead atoms. The summed E-state index contributed by atoms with van der Waals surface area (Å²) in [5.41, 5.74) is 0. The van der Waals surface area contributed by atoms with Crippen molar-refractivity contribution in [2.45, 2.75) is 52.4 Å². The van der Waals surface area contributed by atoms with Crippen LogP contribution in [-0.2, 0) is 4.79 Å². The first-order valence-corrected chi connectivity index (χ1v) is 5.83. The summed E-state index contributed by atoms with van der Waals surface area (Å²) >= 11 is 0. The third kappa shape index (κ3) is 3.32. The van der Waals surface area contributed by atoms with Crippen molar-refractivity contribution >= 4 is 5.97 Å². The summed E-state index contributed by atoms with van der Waals surface area (Å²) in [4.78, 5) is 10.7. The highest BCUT2D eigenvalue weighted by atomic mass is 16.4. The lowest BCUT2D eigenvalue weighted by Crippen LogP contribution is -2.21. The lowest BCUT2D eigenvalue weighted by atomic mass is 9.78. The molecular weight excluding hydrogens is 176 g/mol. The Morgan fingerprint density at radius 3 is 2.50 bits per heavy atom. The Balaban J connectivity index is 2.58. The predicted molar refractivity (Wildman–Crippen MR) is 57.2 cm³/mol. The highest BCUT2D eigenvalue weighted by Crippen LogP contribution is 2.35. The summed E-state index contributed by atoms with van der Waals surface area (Å²) in [6.07, 6.45) is 6.53. The van der Waals surface area contributed by atoms with Crippen molar-refractivity contribution in [2.24, 2.45) is 17.8 Å². The van der Waals surface area contributed by atoms with E-state index in [1.807, 2.05) is 0 Å². The van der Waals surface area contributed by atoms with Crippen molar-refractivity contribution < 1.29 is 9.90 Å². The number of carbonyl (C=O) groups is 1. The molecule has 0 aromatic rings. The second-order valence-corrected chi connectivity index (χ2v) is 4.90. The highest BCUT2D eigenvalue weighted by molar-refractivity contribution is 5.67. The molecule has 1 N–H and O–H groups in total. The first-order valence-electron chi connectivity index (χ1n) is 5.83. The quantitative estimate of drug-likeness (QED) is 0.706. The zero-order chi connectivity index (χ0) is 10.6. The molecule has 2 atom stereocenters. The molecular formula is C12H22O2. The average Bonchev–Trinajstić information content (AvgIpc) is 2.28. The van der Waals surface area contributed by atoms with Crippen LogP contribution < -0.4 is 0 Å². The van der Waals surface area contributed by atoms with Crippen LogP contribution in [0.4, 0.5) is 0 Å². The summed E-state index contributed by atoms with van der Waals surface area (Å²) in [5, 5.41) is 8.86. The smallest absolute Gasteiger partial charge is 0.303 e. The molecule has 1 aliphatic carbocycles. The first-order chi connectivity index (χ1) is 6.61. The Kier molecular flexibility index (Phi) is 4.43. The molecule has 2 unspecified atom stereocenters. The maximum atomic E-state index is 10.7. The largest absolute Gasteiger partial charge is 0.481 e. The third-order valence-electron chi connectivity index (χ3n) is 3.51. The van der Waals surface area contributed by atoms with Crippen LogP contribution in [0.1, 0.15) is 52.4 Å². The fraction of sp³-hybridized carbons (Fsp3) is 0.917. The molecule has 0 amide bonds.